The van der Waals surface area contributed by atoms with Crippen LogP contribution < -0.4 is 4.90 Å². The van der Waals surface area contributed by atoms with E-state index in [4.69, 9.17) is 0 Å². The van der Waals surface area contributed by atoms with Crippen molar-refractivity contribution >= 4 is 11.8 Å². The molecule has 1 N–H and O–H groups in total. The fourth-order valence-electron chi connectivity index (χ4n) is 2.20. The van der Waals surface area contributed by atoms with Crippen molar-refractivity contribution in [2.45, 2.75) is 31.8 Å². The Balaban J connectivity index is 2.15. The maximum absolute atomic E-state index is 11.4. The van der Waals surface area contributed by atoms with Gasteiger partial charge in [0.1, 0.15) is 5.82 Å². The van der Waals surface area contributed by atoms with Gasteiger partial charge in [-0.15, -0.1) is 0 Å². The Labute approximate surface area is 112 Å². The van der Waals surface area contributed by atoms with Gasteiger partial charge in [0.25, 0.3) is 0 Å². The van der Waals surface area contributed by atoms with Crippen LogP contribution in [0.15, 0.2) is 12.4 Å². The molecular formula is C13H19N3O3. The Hall–Kier alpha value is -1.69. The van der Waals surface area contributed by atoms with Crippen molar-refractivity contribution in [3.8, 4) is 0 Å². The highest BCUT2D eigenvalue weighted by Gasteiger charge is 2.25. The molecule has 0 bridgehead atoms. The molecule has 1 atom stereocenters. The molecule has 0 amide bonds. The molecule has 1 aromatic heterocycles. The molecule has 0 saturated carbocycles. The average molecular weight is 265 g/mol. The zero-order valence-corrected chi connectivity index (χ0v) is 11.3. The number of anilines is 1. The normalized spacial score (nSPS) is 23.8. The van der Waals surface area contributed by atoms with Crippen LogP contribution in [0.2, 0.25) is 0 Å². The Morgan fingerprint density at radius 3 is 2.95 bits per heavy atom. The first-order valence-electron chi connectivity index (χ1n) is 6.39. The van der Waals surface area contributed by atoms with E-state index in [1.54, 1.807) is 6.20 Å². The third kappa shape index (κ3) is 3.41. The number of methoxy groups -OCH3 is 1. The average Bonchev–Trinajstić information content (AvgIpc) is 2.59. The van der Waals surface area contributed by atoms with Gasteiger partial charge in [-0.3, -0.25) is 4.98 Å². The number of carbonyl (C=O) groups excluding carboxylic acids is 1. The Bertz CT molecular complexity index is 462. The van der Waals surface area contributed by atoms with Crippen LogP contribution in [0.1, 0.15) is 36.7 Å². The van der Waals surface area contributed by atoms with E-state index in [0.717, 1.165) is 19.4 Å². The largest absolute Gasteiger partial charge is 0.464 e. The molecule has 1 aromatic rings. The number of rotatable bonds is 2. The van der Waals surface area contributed by atoms with E-state index < -0.39 is 11.6 Å². The van der Waals surface area contributed by atoms with Crippen LogP contribution in [-0.2, 0) is 4.74 Å². The molecule has 6 nitrogen and oxygen atoms in total. The molecule has 1 unspecified atom stereocenters. The number of aliphatic hydroxyl groups is 1. The fourth-order valence-corrected chi connectivity index (χ4v) is 2.20. The van der Waals surface area contributed by atoms with Crippen LogP contribution in [-0.4, -0.2) is 46.8 Å². The van der Waals surface area contributed by atoms with Crippen molar-refractivity contribution in [1.82, 2.24) is 9.97 Å². The molecule has 1 aliphatic heterocycles. The summed E-state index contributed by atoms with van der Waals surface area (Å²) in [6, 6.07) is 0. The lowest BCUT2D eigenvalue weighted by atomic mass is 9.98. The molecule has 1 fully saturated rings. The molecule has 6 heteroatoms. The number of hydrogen-bond donors (Lipinski definition) is 1. The van der Waals surface area contributed by atoms with E-state index in [2.05, 4.69) is 14.7 Å². The summed E-state index contributed by atoms with van der Waals surface area (Å²) in [6.07, 6.45) is 5.36. The standard InChI is InChI=1S/C13H19N3O3/c1-13(18)4-3-6-16(7-5-13)11-9-14-8-10(15-11)12(17)19-2/h8-9,18H,3-7H2,1-2H3. The first-order chi connectivity index (χ1) is 9.02. The summed E-state index contributed by atoms with van der Waals surface area (Å²) < 4.78 is 4.64. The Morgan fingerprint density at radius 2 is 2.21 bits per heavy atom. The fraction of sp³-hybridized carbons (Fsp3) is 0.615. The molecule has 0 aliphatic carbocycles. The maximum atomic E-state index is 11.4. The second kappa shape index (κ2) is 5.52. The lowest BCUT2D eigenvalue weighted by Crippen LogP contribution is -2.29. The molecule has 2 heterocycles. The van der Waals surface area contributed by atoms with Gasteiger partial charge < -0.3 is 14.7 Å². The first-order valence-corrected chi connectivity index (χ1v) is 6.39. The SMILES string of the molecule is COC(=O)c1cncc(N2CCCC(C)(O)CC2)n1. The highest BCUT2D eigenvalue weighted by Crippen LogP contribution is 2.24. The van der Waals surface area contributed by atoms with Gasteiger partial charge in [0, 0.05) is 13.1 Å². The second-order valence-electron chi connectivity index (χ2n) is 5.09. The summed E-state index contributed by atoms with van der Waals surface area (Å²) in [7, 11) is 1.32. The van der Waals surface area contributed by atoms with Crippen LogP contribution in [0.25, 0.3) is 0 Å². The molecule has 104 valence electrons. The number of hydrogen-bond acceptors (Lipinski definition) is 6. The van der Waals surface area contributed by atoms with Gasteiger partial charge in [0.2, 0.25) is 0 Å². The van der Waals surface area contributed by atoms with E-state index >= 15 is 0 Å². The van der Waals surface area contributed by atoms with Crippen LogP contribution in [0.5, 0.6) is 0 Å². The number of esters is 1. The molecule has 0 spiro atoms. The summed E-state index contributed by atoms with van der Waals surface area (Å²) in [6.45, 7) is 3.36. The first kappa shape index (κ1) is 13.7. The molecule has 2 rings (SSSR count). The van der Waals surface area contributed by atoms with E-state index in [1.165, 1.54) is 13.3 Å². The summed E-state index contributed by atoms with van der Waals surface area (Å²) in [5, 5.41) is 10.1. The predicted octanol–water partition coefficient (Wildman–Crippen LogP) is 1.00. The van der Waals surface area contributed by atoms with E-state index in [0.29, 0.717) is 18.8 Å². The minimum absolute atomic E-state index is 0.205. The topological polar surface area (TPSA) is 75.5 Å². The van der Waals surface area contributed by atoms with Gasteiger partial charge in [0.15, 0.2) is 5.69 Å². The molecule has 0 radical (unpaired) electrons. The number of nitrogens with zero attached hydrogens (tertiary/aromatic N) is 3. The molecular weight excluding hydrogens is 246 g/mol. The van der Waals surface area contributed by atoms with Crippen molar-refractivity contribution in [3.63, 3.8) is 0 Å². The lowest BCUT2D eigenvalue weighted by Gasteiger charge is -2.23. The number of aromatic nitrogens is 2. The third-order valence-corrected chi connectivity index (χ3v) is 3.40. The molecule has 1 aliphatic rings. The highest BCUT2D eigenvalue weighted by atomic mass is 16.5. The van der Waals surface area contributed by atoms with Crippen molar-refractivity contribution in [3.05, 3.63) is 18.1 Å². The van der Waals surface area contributed by atoms with Gasteiger partial charge in [0.05, 0.1) is 25.1 Å². The van der Waals surface area contributed by atoms with Gasteiger partial charge >= 0.3 is 5.97 Å². The zero-order valence-electron chi connectivity index (χ0n) is 11.3. The summed E-state index contributed by atoms with van der Waals surface area (Å²) in [5.41, 5.74) is -0.418. The van der Waals surface area contributed by atoms with Gasteiger partial charge in [-0.25, -0.2) is 9.78 Å². The molecule has 1 saturated heterocycles. The van der Waals surface area contributed by atoms with Gasteiger partial charge in [-0.05, 0) is 26.2 Å². The maximum Gasteiger partial charge on any atom is 0.358 e. The van der Waals surface area contributed by atoms with Crippen LogP contribution in [0.4, 0.5) is 5.82 Å². The minimum atomic E-state index is -0.623. The molecule has 0 aromatic carbocycles. The number of carbonyl (C=O) groups is 1. The van der Waals surface area contributed by atoms with Crippen LogP contribution >= 0.6 is 0 Å². The predicted molar refractivity (Wildman–Crippen MR) is 70.1 cm³/mol. The van der Waals surface area contributed by atoms with Crippen LogP contribution in [0, 0.1) is 0 Å². The summed E-state index contributed by atoms with van der Waals surface area (Å²) in [5.74, 6) is 0.164. The highest BCUT2D eigenvalue weighted by molar-refractivity contribution is 5.87. The van der Waals surface area contributed by atoms with Gasteiger partial charge in [-0.1, -0.05) is 0 Å². The second-order valence-corrected chi connectivity index (χ2v) is 5.09. The van der Waals surface area contributed by atoms with Crippen molar-refractivity contribution in [2.75, 3.05) is 25.1 Å². The van der Waals surface area contributed by atoms with Gasteiger partial charge in [-0.2, -0.15) is 0 Å². The molecule has 19 heavy (non-hydrogen) atoms. The smallest absolute Gasteiger partial charge is 0.358 e. The number of ether oxygens (including phenoxy) is 1. The zero-order chi connectivity index (χ0) is 13.9. The van der Waals surface area contributed by atoms with E-state index in [1.807, 2.05) is 11.8 Å². The van der Waals surface area contributed by atoms with E-state index in [9.17, 15) is 9.90 Å². The quantitative estimate of drug-likeness (QED) is 0.804. The van der Waals surface area contributed by atoms with Crippen LogP contribution in [0.3, 0.4) is 0 Å². The third-order valence-electron chi connectivity index (χ3n) is 3.40. The summed E-state index contributed by atoms with van der Waals surface area (Å²) in [4.78, 5) is 21.8. The minimum Gasteiger partial charge on any atom is -0.464 e. The van der Waals surface area contributed by atoms with E-state index in [-0.39, 0.29) is 5.69 Å². The summed E-state index contributed by atoms with van der Waals surface area (Å²) >= 11 is 0. The lowest BCUT2D eigenvalue weighted by molar-refractivity contribution is 0.0480. The Morgan fingerprint density at radius 1 is 1.42 bits per heavy atom. The Kier molecular flexibility index (Phi) is 3.99. The van der Waals surface area contributed by atoms with Crippen molar-refractivity contribution < 1.29 is 14.6 Å². The van der Waals surface area contributed by atoms with Crippen molar-refractivity contribution in [2.24, 2.45) is 0 Å². The monoisotopic (exact) mass is 265 g/mol. The van der Waals surface area contributed by atoms with Crippen molar-refractivity contribution in [1.29, 1.82) is 0 Å².